The van der Waals surface area contributed by atoms with Crippen molar-refractivity contribution in [2.45, 2.75) is 0 Å². The van der Waals surface area contributed by atoms with Crippen molar-refractivity contribution < 1.29 is 14.3 Å². The van der Waals surface area contributed by atoms with Crippen LogP contribution in [0.25, 0.3) is 10.9 Å². The molecule has 0 unspecified atom stereocenters. The number of aromatic carboxylic acids is 1. The highest BCUT2D eigenvalue weighted by Gasteiger charge is 2.11. The Morgan fingerprint density at radius 3 is 2.93 bits per heavy atom. The Hall–Kier alpha value is -1.97. The molecule has 0 spiro atoms. The number of hydrogen-bond donors (Lipinski definition) is 1. The van der Waals surface area contributed by atoms with Crippen LogP contribution in [0.15, 0.2) is 30.5 Å². The van der Waals surface area contributed by atoms with Gasteiger partial charge in [-0.1, -0.05) is 6.07 Å². The fourth-order valence-electron chi connectivity index (χ4n) is 1.26. The van der Waals surface area contributed by atoms with Crippen molar-refractivity contribution in [3.05, 3.63) is 41.8 Å². The first kappa shape index (κ1) is 8.62. The van der Waals surface area contributed by atoms with E-state index in [-0.39, 0.29) is 5.56 Å². The van der Waals surface area contributed by atoms with E-state index in [1.54, 1.807) is 12.1 Å². The van der Waals surface area contributed by atoms with Gasteiger partial charge >= 0.3 is 5.97 Å². The Labute approximate surface area is 78.8 Å². The number of halogens is 1. The summed E-state index contributed by atoms with van der Waals surface area (Å²) in [5.74, 6) is -2.02. The van der Waals surface area contributed by atoms with Crippen LogP contribution in [0.3, 0.4) is 0 Å². The van der Waals surface area contributed by atoms with E-state index in [2.05, 4.69) is 4.98 Å². The monoisotopic (exact) mass is 191 g/mol. The Kier molecular flexibility index (Phi) is 1.89. The molecule has 0 aliphatic heterocycles. The second-order valence-electron chi connectivity index (χ2n) is 2.83. The number of aromatic nitrogens is 1. The molecule has 70 valence electrons. The van der Waals surface area contributed by atoms with E-state index in [1.807, 2.05) is 0 Å². The van der Waals surface area contributed by atoms with Crippen molar-refractivity contribution in [1.29, 1.82) is 0 Å². The van der Waals surface area contributed by atoms with E-state index in [4.69, 9.17) is 5.11 Å². The van der Waals surface area contributed by atoms with Crippen molar-refractivity contribution in [2.75, 3.05) is 0 Å². The van der Waals surface area contributed by atoms with Crippen LogP contribution < -0.4 is 0 Å². The number of carboxylic acid groups (broad SMARTS) is 1. The largest absolute Gasteiger partial charge is 0.478 e. The third kappa shape index (κ3) is 1.31. The van der Waals surface area contributed by atoms with Gasteiger partial charge in [-0.25, -0.2) is 9.18 Å². The Balaban J connectivity index is 2.77. The van der Waals surface area contributed by atoms with E-state index in [0.717, 1.165) is 0 Å². The van der Waals surface area contributed by atoms with Crippen LogP contribution in [0.2, 0.25) is 0 Å². The lowest BCUT2D eigenvalue weighted by atomic mass is 10.1. The molecule has 0 aliphatic rings. The van der Waals surface area contributed by atoms with Crippen LogP contribution in [-0.2, 0) is 0 Å². The summed E-state index contributed by atoms with van der Waals surface area (Å²) in [7, 11) is 0. The molecule has 2 rings (SSSR count). The van der Waals surface area contributed by atoms with Gasteiger partial charge < -0.3 is 5.11 Å². The molecule has 4 heteroatoms. The van der Waals surface area contributed by atoms with E-state index in [9.17, 15) is 9.18 Å². The normalized spacial score (nSPS) is 10.4. The molecule has 0 saturated heterocycles. The highest BCUT2D eigenvalue weighted by atomic mass is 19.1. The second-order valence-corrected chi connectivity index (χ2v) is 2.83. The maximum atomic E-state index is 13.2. The third-order valence-electron chi connectivity index (χ3n) is 1.92. The van der Waals surface area contributed by atoms with Crippen molar-refractivity contribution in [1.82, 2.24) is 4.98 Å². The average Bonchev–Trinajstić information content (AvgIpc) is 2.16. The maximum absolute atomic E-state index is 13.2. The highest BCUT2D eigenvalue weighted by Crippen LogP contribution is 2.16. The van der Waals surface area contributed by atoms with Crippen LogP contribution in [0.5, 0.6) is 0 Å². The van der Waals surface area contributed by atoms with Gasteiger partial charge in [0.1, 0.15) is 5.82 Å². The zero-order valence-corrected chi connectivity index (χ0v) is 7.07. The molecular weight excluding hydrogens is 185 g/mol. The van der Waals surface area contributed by atoms with Gasteiger partial charge in [0, 0.05) is 11.6 Å². The molecule has 0 saturated carbocycles. The number of fused-ring (bicyclic) bond motifs is 1. The van der Waals surface area contributed by atoms with Crippen molar-refractivity contribution in [3.63, 3.8) is 0 Å². The molecule has 3 nitrogen and oxygen atoms in total. The summed E-state index contributed by atoms with van der Waals surface area (Å²) in [5.41, 5.74) is 0.127. The Morgan fingerprint density at radius 1 is 1.43 bits per heavy atom. The number of hydrogen-bond acceptors (Lipinski definition) is 2. The van der Waals surface area contributed by atoms with E-state index < -0.39 is 11.8 Å². The quantitative estimate of drug-likeness (QED) is 0.750. The molecule has 1 heterocycles. The number of carboxylic acids is 1. The molecular formula is C10H6FNO2. The molecule has 0 amide bonds. The molecule has 0 bridgehead atoms. The molecule has 1 aromatic carbocycles. The lowest BCUT2D eigenvalue weighted by Crippen LogP contribution is -2.00. The average molecular weight is 191 g/mol. The zero-order chi connectivity index (χ0) is 10.1. The summed E-state index contributed by atoms with van der Waals surface area (Å²) in [6.07, 6.45) is 1.53. The van der Waals surface area contributed by atoms with Gasteiger partial charge in [0.15, 0.2) is 0 Å². The molecule has 0 atom stereocenters. The van der Waals surface area contributed by atoms with Crippen LogP contribution in [0.4, 0.5) is 4.39 Å². The number of nitrogens with zero attached hydrogens (tertiary/aromatic N) is 1. The van der Waals surface area contributed by atoms with Crippen molar-refractivity contribution >= 4 is 16.9 Å². The van der Waals surface area contributed by atoms with Crippen molar-refractivity contribution in [3.8, 4) is 0 Å². The molecule has 0 radical (unpaired) electrons. The highest BCUT2D eigenvalue weighted by molar-refractivity contribution is 5.93. The summed E-state index contributed by atoms with van der Waals surface area (Å²) in [4.78, 5) is 14.5. The lowest BCUT2D eigenvalue weighted by molar-refractivity contribution is 0.0692. The number of pyridine rings is 1. The smallest absolute Gasteiger partial charge is 0.338 e. The Bertz CT molecular complexity index is 510. The molecule has 2 aromatic rings. The maximum Gasteiger partial charge on any atom is 0.338 e. The molecule has 1 aromatic heterocycles. The van der Waals surface area contributed by atoms with Gasteiger partial charge in [-0.2, -0.15) is 0 Å². The summed E-state index contributed by atoms with van der Waals surface area (Å²) in [5, 5.41) is 9.25. The van der Waals surface area contributed by atoms with Crippen LogP contribution >= 0.6 is 0 Å². The minimum absolute atomic E-state index is 0.351. The number of carbonyl (C=O) groups is 1. The first-order valence-electron chi connectivity index (χ1n) is 3.96. The topological polar surface area (TPSA) is 50.2 Å². The molecule has 0 fully saturated rings. The van der Waals surface area contributed by atoms with Crippen LogP contribution in [0.1, 0.15) is 10.4 Å². The molecule has 14 heavy (non-hydrogen) atoms. The molecule has 1 N–H and O–H groups in total. The first-order valence-corrected chi connectivity index (χ1v) is 3.96. The fraction of sp³-hybridized carbons (Fsp3) is 0. The van der Waals surface area contributed by atoms with Crippen LogP contribution in [0, 0.1) is 5.82 Å². The van der Waals surface area contributed by atoms with Gasteiger partial charge in [0.05, 0.1) is 11.1 Å². The fourth-order valence-corrected chi connectivity index (χ4v) is 1.26. The van der Waals surface area contributed by atoms with E-state index >= 15 is 0 Å². The summed E-state index contributed by atoms with van der Waals surface area (Å²) < 4.78 is 13.2. The van der Waals surface area contributed by atoms with Crippen molar-refractivity contribution in [2.24, 2.45) is 0 Å². The second kappa shape index (κ2) is 3.06. The van der Waals surface area contributed by atoms with E-state index in [1.165, 1.54) is 18.3 Å². The predicted molar refractivity (Wildman–Crippen MR) is 48.7 cm³/mol. The number of benzene rings is 1. The summed E-state index contributed by atoms with van der Waals surface area (Å²) >= 11 is 0. The van der Waals surface area contributed by atoms with Gasteiger partial charge in [0.25, 0.3) is 0 Å². The number of rotatable bonds is 1. The zero-order valence-electron chi connectivity index (χ0n) is 7.07. The first-order chi connectivity index (χ1) is 6.68. The third-order valence-corrected chi connectivity index (χ3v) is 1.92. The standard InChI is InChI=1S/C10H6FNO2/c11-8-4-6-2-1-3-12-9(6)5-7(8)10(13)14/h1-5H,(H,13,14). The predicted octanol–water partition coefficient (Wildman–Crippen LogP) is 2.07. The summed E-state index contributed by atoms with van der Waals surface area (Å²) in [6, 6.07) is 5.75. The lowest BCUT2D eigenvalue weighted by Gasteiger charge is -2.00. The van der Waals surface area contributed by atoms with Gasteiger partial charge in [0.2, 0.25) is 0 Å². The minimum atomic E-state index is -1.28. The summed E-state index contributed by atoms with van der Waals surface area (Å²) in [6.45, 7) is 0. The van der Waals surface area contributed by atoms with Gasteiger partial charge in [-0.3, -0.25) is 4.98 Å². The van der Waals surface area contributed by atoms with E-state index in [0.29, 0.717) is 10.9 Å². The van der Waals surface area contributed by atoms with Crippen LogP contribution in [-0.4, -0.2) is 16.1 Å². The SMILES string of the molecule is O=C(O)c1cc2ncccc2cc1F. The molecule has 0 aliphatic carbocycles. The van der Waals surface area contributed by atoms with Gasteiger partial charge in [-0.15, -0.1) is 0 Å². The Morgan fingerprint density at radius 2 is 2.21 bits per heavy atom. The van der Waals surface area contributed by atoms with Gasteiger partial charge in [-0.05, 0) is 18.2 Å². The minimum Gasteiger partial charge on any atom is -0.478 e.